The Hall–Kier alpha value is -2.06. The third-order valence-electron chi connectivity index (χ3n) is 3.96. The van der Waals surface area contributed by atoms with Gasteiger partial charge in [-0.15, -0.1) is 0 Å². The Labute approximate surface area is 118 Å². The molecule has 0 aliphatic carbocycles. The number of anilines is 1. The Bertz CT molecular complexity index is 589. The normalized spacial score (nSPS) is 24.6. The fourth-order valence-electron chi connectivity index (χ4n) is 2.64. The first-order valence-corrected chi connectivity index (χ1v) is 6.44. The summed E-state index contributed by atoms with van der Waals surface area (Å²) < 4.78 is 5.16. The Kier molecular flexibility index (Phi) is 3.45. The molecule has 2 atom stereocenters. The molecule has 1 aromatic carbocycles. The summed E-state index contributed by atoms with van der Waals surface area (Å²) in [5, 5.41) is 19.2. The van der Waals surface area contributed by atoms with E-state index >= 15 is 0 Å². The maximum absolute atomic E-state index is 12.5. The number of carbonyl (C=O) groups is 1. The van der Waals surface area contributed by atoms with E-state index in [2.05, 4.69) is 0 Å². The van der Waals surface area contributed by atoms with Crippen LogP contribution in [0.4, 0.5) is 5.69 Å². The van der Waals surface area contributed by atoms with Gasteiger partial charge in [0.2, 0.25) is 5.91 Å². The zero-order valence-electron chi connectivity index (χ0n) is 12.0. The second-order valence-corrected chi connectivity index (χ2v) is 5.58. The molecule has 2 rings (SSSR count). The van der Waals surface area contributed by atoms with Crippen molar-refractivity contribution in [2.24, 2.45) is 5.41 Å². The fraction of sp³-hybridized carbons (Fsp3) is 0.467. The maximum Gasteiger partial charge on any atom is 0.235 e. The number of rotatable bonds is 2. The first-order valence-electron chi connectivity index (χ1n) is 6.44. The van der Waals surface area contributed by atoms with Gasteiger partial charge in [-0.05, 0) is 32.9 Å². The molecule has 1 amide bonds. The van der Waals surface area contributed by atoms with E-state index in [1.807, 2.05) is 13.0 Å². The summed E-state index contributed by atoms with van der Waals surface area (Å²) in [5.74, 6) is 0.286. The average molecular weight is 274 g/mol. The Morgan fingerprint density at radius 3 is 2.55 bits per heavy atom. The molecule has 1 aromatic rings. The van der Waals surface area contributed by atoms with Crippen molar-refractivity contribution in [1.82, 2.24) is 0 Å². The summed E-state index contributed by atoms with van der Waals surface area (Å²) in [5.41, 5.74) is 0.221. The predicted molar refractivity (Wildman–Crippen MR) is 74.4 cm³/mol. The van der Waals surface area contributed by atoms with Crippen LogP contribution in [-0.4, -0.2) is 30.3 Å². The lowest BCUT2D eigenvalue weighted by atomic mass is 9.87. The summed E-state index contributed by atoms with van der Waals surface area (Å²) in [4.78, 5) is 14.0. The molecule has 0 bridgehead atoms. The van der Waals surface area contributed by atoms with Gasteiger partial charge in [-0.25, -0.2) is 0 Å². The van der Waals surface area contributed by atoms with Crippen LogP contribution >= 0.6 is 0 Å². The number of benzene rings is 1. The van der Waals surface area contributed by atoms with Crippen molar-refractivity contribution in [3.05, 3.63) is 23.8 Å². The molecule has 20 heavy (non-hydrogen) atoms. The maximum atomic E-state index is 12.5. The minimum atomic E-state index is -0.819. The van der Waals surface area contributed by atoms with E-state index in [9.17, 15) is 9.90 Å². The SMILES string of the molecule is COc1cc(N2C(=O)C(C)(C)[C@H](O)[C@@H]2C)ccc1C#N. The number of nitrogens with zero attached hydrogens (tertiary/aromatic N) is 2. The van der Waals surface area contributed by atoms with Gasteiger partial charge in [-0.3, -0.25) is 4.79 Å². The molecule has 1 aliphatic heterocycles. The number of aliphatic hydroxyl groups excluding tert-OH is 1. The minimum absolute atomic E-state index is 0.135. The van der Waals surface area contributed by atoms with Gasteiger partial charge >= 0.3 is 0 Å². The van der Waals surface area contributed by atoms with Crippen LogP contribution in [0.15, 0.2) is 18.2 Å². The molecule has 0 radical (unpaired) electrons. The number of methoxy groups -OCH3 is 1. The van der Waals surface area contributed by atoms with Crippen molar-refractivity contribution in [3.8, 4) is 11.8 Å². The number of amides is 1. The van der Waals surface area contributed by atoms with Crippen LogP contribution in [0.25, 0.3) is 0 Å². The molecule has 0 aromatic heterocycles. The van der Waals surface area contributed by atoms with Gasteiger partial charge in [0.05, 0.1) is 30.2 Å². The highest BCUT2D eigenvalue weighted by Gasteiger charge is 2.51. The number of ether oxygens (including phenoxy) is 1. The molecule has 0 saturated carbocycles. The molecule has 1 heterocycles. The lowest BCUT2D eigenvalue weighted by Gasteiger charge is -2.23. The molecule has 0 spiro atoms. The summed E-state index contributed by atoms with van der Waals surface area (Å²) >= 11 is 0. The number of carbonyl (C=O) groups excluding carboxylic acids is 1. The Morgan fingerprint density at radius 1 is 1.45 bits per heavy atom. The number of hydrogen-bond acceptors (Lipinski definition) is 4. The zero-order chi connectivity index (χ0) is 15.1. The molecule has 1 fully saturated rings. The molecule has 1 saturated heterocycles. The van der Waals surface area contributed by atoms with Crippen molar-refractivity contribution in [2.75, 3.05) is 12.0 Å². The summed E-state index contributed by atoms with van der Waals surface area (Å²) in [6.45, 7) is 5.27. The van der Waals surface area contributed by atoms with Gasteiger partial charge in [0.1, 0.15) is 11.8 Å². The molecule has 106 valence electrons. The van der Waals surface area contributed by atoms with Crippen LogP contribution in [0.2, 0.25) is 0 Å². The molecule has 5 nitrogen and oxygen atoms in total. The smallest absolute Gasteiger partial charge is 0.235 e. The van der Waals surface area contributed by atoms with Crippen LogP contribution in [-0.2, 0) is 4.79 Å². The Morgan fingerprint density at radius 2 is 2.10 bits per heavy atom. The minimum Gasteiger partial charge on any atom is -0.495 e. The number of aliphatic hydroxyl groups is 1. The van der Waals surface area contributed by atoms with Crippen LogP contribution in [0.1, 0.15) is 26.3 Å². The van der Waals surface area contributed by atoms with Crippen molar-refractivity contribution >= 4 is 11.6 Å². The van der Waals surface area contributed by atoms with E-state index in [0.29, 0.717) is 17.0 Å². The van der Waals surface area contributed by atoms with E-state index in [1.165, 1.54) is 7.11 Å². The summed E-state index contributed by atoms with van der Waals surface area (Å²) in [6.07, 6.45) is -0.739. The van der Waals surface area contributed by atoms with Crippen molar-refractivity contribution in [1.29, 1.82) is 5.26 Å². The third kappa shape index (κ3) is 1.93. The lowest BCUT2D eigenvalue weighted by Crippen LogP contribution is -2.34. The third-order valence-corrected chi connectivity index (χ3v) is 3.96. The fourth-order valence-corrected chi connectivity index (χ4v) is 2.64. The summed E-state index contributed by atoms with van der Waals surface area (Å²) in [6, 6.07) is 6.68. The summed E-state index contributed by atoms with van der Waals surface area (Å²) in [7, 11) is 1.48. The van der Waals surface area contributed by atoms with Crippen LogP contribution in [0.3, 0.4) is 0 Å². The number of nitriles is 1. The Balaban J connectivity index is 2.48. The number of hydrogen-bond donors (Lipinski definition) is 1. The highest BCUT2D eigenvalue weighted by Crippen LogP contribution is 2.39. The highest BCUT2D eigenvalue weighted by molar-refractivity contribution is 6.01. The average Bonchev–Trinajstić information content (AvgIpc) is 2.59. The first kappa shape index (κ1) is 14.4. The van der Waals surface area contributed by atoms with Crippen LogP contribution in [0.5, 0.6) is 5.75 Å². The van der Waals surface area contributed by atoms with Crippen molar-refractivity contribution in [2.45, 2.75) is 32.9 Å². The van der Waals surface area contributed by atoms with Crippen LogP contribution in [0, 0.1) is 16.7 Å². The first-order chi connectivity index (χ1) is 9.34. The van der Waals surface area contributed by atoms with E-state index < -0.39 is 11.5 Å². The topological polar surface area (TPSA) is 73.6 Å². The monoisotopic (exact) mass is 274 g/mol. The van der Waals surface area contributed by atoms with Gasteiger partial charge in [0.15, 0.2) is 0 Å². The standard InChI is InChI=1S/C15H18N2O3/c1-9-13(18)15(2,3)14(19)17(9)11-6-5-10(8-16)12(7-11)20-4/h5-7,9,13,18H,1-4H3/t9-,13+/m0/s1. The van der Waals surface area contributed by atoms with E-state index in [0.717, 1.165) is 0 Å². The van der Waals surface area contributed by atoms with Crippen molar-refractivity contribution in [3.63, 3.8) is 0 Å². The zero-order valence-corrected chi connectivity index (χ0v) is 12.0. The molecular formula is C15H18N2O3. The molecule has 5 heteroatoms. The predicted octanol–water partition coefficient (Wildman–Crippen LogP) is 1.69. The van der Waals surface area contributed by atoms with Gasteiger partial charge in [-0.2, -0.15) is 5.26 Å². The van der Waals surface area contributed by atoms with E-state index in [-0.39, 0.29) is 11.9 Å². The lowest BCUT2D eigenvalue weighted by molar-refractivity contribution is -0.126. The van der Waals surface area contributed by atoms with E-state index in [4.69, 9.17) is 10.00 Å². The molecule has 0 unspecified atom stereocenters. The molecular weight excluding hydrogens is 256 g/mol. The second-order valence-electron chi connectivity index (χ2n) is 5.58. The largest absolute Gasteiger partial charge is 0.495 e. The molecule has 1 N–H and O–H groups in total. The second kappa shape index (κ2) is 4.80. The highest BCUT2D eigenvalue weighted by atomic mass is 16.5. The van der Waals surface area contributed by atoms with E-state index in [1.54, 1.807) is 36.9 Å². The van der Waals surface area contributed by atoms with Gasteiger partial charge in [0, 0.05) is 11.8 Å². The van der Waals surface area contributed by atoms with Crippen molar-refractivity contribution < 1.29 is 14.6 Å². The van der Waals surface area contributed by atoms with Gasteiger partial charge in [-0.1, -0.05) is 0 Å². The van der Waals surface area contributed by atoms with Gasteiger partial charge < -0.3 is 14.7 Å². The quantitative estimate of drug-likeness (QED) is 0.890. The molecule has 1 aliphatic rings. The van der Waals surface area contributed by atoms with Crippen LogP contribution < -0.4 is 9.64 Å². The van der Waals surface area contributed by atoms with Gasteiger partial charge in [0.25, 0.3) is 0 Å².